The Hall–Kier alpha value is -1.96. The molecule has 1 aliphatic rings. The van der Waals surface area contributed by atoms with Crippen molar-refractivity contribution in [2.24, 2.45) is 0 Å². The fourth-order valence-corrected chi connectivity index (χ4v) is 2.59. The standard InChI is InChI=1S/C13H20N4O4/c1-21-13(5-3-2-4-6-13)9-14-11(18)8-17-7-10(12(19)20)15-16-17/h7H,2-6,8-9H2,1H3,(H,14,18)(H,19,20). The summed E-state index contributed by atoms with van der Waals surface area (Å²) in [4.78, 5) is 22.6. The number of ether oxygens (including phenoxy) is 1. The number of carboxylic acid groups (broad SMARTS) is 1. The molecule has 0 aromatic carbocycles. The van der Waals surface area contributed by atoms with E-state index in [1.54, 1.807) is 7.11 Å². The van der Waals surface area contributed by atoms with Crippen LogP contribution >= 0.6 is 0 Å². The van der Waals surface area contributed by atoms with Crippen molar-refractivity contribution in [1.29, 1.82) is 0 Å². The molecule has 0 unspecified atom stereocenters. The van der Waals surface area contributed by atoms with Crippen molar-refractivity contribution in [2.45, 2.75) is 44.2 Å². The van der Waals surface area contributed by atoms with Crippen LogP contribution in [0.15, 0.2) is 6.20 Å². The quantitative estimate of drug-likeness (QED) is 0.789. The largest absolute Gasteiger partial charge is 0.476 e. The maximum Gasteiger partial charge on any atom is 0.358 e. The van der Waals surface area contributed by atoms with Crippen molar-refractivity contribution in [3.05, 3.63) is 11.9 Å². The summed E-state index contributed by atoms with van der Waals surface area (Å²) in [5.41, 5.74) is -0.453. The molecule has 2 N–H and O–H groups in total. The zero-order valence-electron chi connectivity index (χ0n) is 12.0. The van der Waals surface area contributed by atoms with E-state index in [1.807, 2.05) is 0 Å². The van der Waals surface area contributed by atoms with Crippen LogP contribution in [0.1, 0.15) is 42.6 Å². The van der Waals surface area contributed by atoms with Crippen molar-refractivity contribution in [2.75, 3.05) is 13.7 Å². The Labute approximate surface area is 122 Å². The maximum absolute atomic E-state index is 11.9. The zero-order valence-corrected chi connectivity index (χ0v) is 12.0. The average molecular weight is 296 g/mol. The molecule has 0 bridgehead atoms. The van der Waals surface area contributed by atoms with E-state index in [9.17, 15) is 9.59 Å². The highest BCUT2D eigenvalue weighted by Gasteiger charge is 2.32. The smallest absolute Gasteiger partial charge is 0.358 e. The Balaban J connectivity index is 1.84. The fraction of sp³-hybridized carbons (Fsp3) is 0.692. The van der Waals surface area contributed by atoms with Gasteiger partial charge in [-0.15, -0.1) is 5.10 Å². The van der Waals surface area contributed by atoms with E-state index in [0.29, 0.717) is 6.54 Å². The van der Waals surface area contributed by atoms with Gasteiger partial charge >= 0.3 is 5.97 Å². The summed E-state index contributed by atoms with van der Waals surface area (Å²) < 4.78 is 6.80. The van der Waals surface area contributed by atoms with Gasteiger partial charge in [0.15, 0.2) is 5.69 Å². The van der Waals surface area contributed by atoms with Gasteiger partial charge in [-0.3, -0.25) is 4.79 Å². The lowest BCUT2D eigenvalue weighted by Crippen LogP contribution is -2.46. The molecule has 1 aliphatic carbocycles. The van der Waals surface area contributed by atoms with Crippen molar-refractivity contribution in [1.82, 2.24) is 20.3 Å². The Kier molecular flexibility index (Phi) is 4.89. The molecule has 21 heavy (non-hydrogen) atoms. The normalized spacial score (nSPS) is 17.4. The topological polar surface area (TPSA) is 106 Å². The molecule has 0 aliphatic heterocycles. The van der Waals surface area contributed by atoms with Gasteiger partial charge < -0.3 is 15.2 Å². The van der Waals surface area contributed by atoms with Gasteiger partial charge in [-0.05, 0) is 12.8 Å². The van der Waals surface area contributed by atoms with Crippen LogP contribution in [-0.2, 0) is 16.1 Å². The summed E-state index contributed by atoms with van der Waals surface area (Å²) in [6.07, 6.45) is 6.53. The molecule has 116 valence electrons. The summed E-state index contributed by atoms with van der Waals surface area (Å²) in [7, 11) is 1.67. The third-order valence-electron chi connectivity index (χ3n) is 3.87. The summed E-state index contributed by atoms with van der Waals surface area (Å²) in [6, 6.07) is 0. The molecule has 1 amide bonds. The van der Waals surface area contributed by atoms with Crippen LogP contribution in [0.3, 0.4) is 0 Å². The third kappa shape index (κ3) is 4.01. The minimum atomic E-state index is -1.16. The fourth-order valence-electron chi connectivity index (χ4n) is 2.59. The van der Waals surface area contributed by atoms with Crippen LogP contribution in [0, 0.1) is 0 Å². The van der Waals surface area contributed by atoms with Crippen LogP contribution in [0.5, 0.6) is 0 Å². The van der Waals surface area contributed by atoms with E-state index in [4.69, 9.17) is 9.84 Å². The number of carbonyl (C=O) groups is 2. The van der Waals surface area contributed by atoms with Gasteiger partial charge in [0.2, 0.25) is 5.91 Å². The molecule has 2 rings (SSSR count). The number of nitrogens with zero attached hydrogens (tertiary/aromatic N) is 3. The highest BCUT2D eigenvalue weighted by Crippen LogP contribution is 2.30. The lowest BCUT2D eigenvalue weighted by molar-refractivity contribution is -0.124. The number of methoxy groups -OCH3 is 1. The molecular weight excluding hydrogens is 276 g/mol. The van der Waals surface area contributed by atoms with E-state index in [0.717, 1.165) is 25.7 Å². The minimum absolute atomic E-state index is 0.0555. The highest BCUT2D eigenvalue weighted by atomic mass is 16.5. The number of rotatable bonds is 6. The van der Waals surface area contributed by atoms with Crippen LogP contribution in [0.4, 0.5) is 0 Å². The highest BCUT2D eigenvalue weighted by molar-refractivity contribution is 5.84. The monoisotopic (exact) mass is 296 g/mol. The molecule has 1 heterocycles. The maximum atomic E-state index is 11.9. The van der Waals surface area contributed by atoms with Crippen LogP contribution in [0.25, 0.3) is 0 Å². The predicted octanol–water partition coefficient (Wildman–Crippen LogP) is 0.442. The predicted molar refractivity (Wildman–Crippen MR) is 72.8 cm³/mol. The number of nitrogens with one attached hydrogen (secondary N) is 1. The van der Waals surface area contributed by atoms with Gasteiger partial charge in [0.05, 0.1) is 11.8 Å². The van der Waals surface area contributed by atoms with Crippen LogP contribution < -0.4 is 5.32 Å². The van der Waals surface area contributed by atoms with Crippen molar-refractivity contribution in [3.8, 4) is 0 Å². The minimum Gasteiger partial charge on any atom is -0.476 e. The number of aromatic nitrogens is 3. The molecule has 0 saturated heterocycles. The first-order valence-electron chi connectivity index (χ1n) is 7.00. The second kappa shape index (κ2) is 6.66. The van der Waals surface area contributed by atoms with E-state index in [2.05, 4.69) is 15.6 Å². The Morgan fingerprint density at radius 1 is 1.43 bits per heavy atom. The summed E-state index contributed by atoms with van der Waals surface area (Å²) >= 11 is 0. The Morgan fingerprint density at radius 3 is 2.71 bits per heavy atom. The van der Waals surface area contributed by atoms with Gasteiger partial charge in [0.25, 0.3) is 0 Å². The third-order valence-corrected chi connectivity index (χ3v) is 3.87. The molecule has 1 fully saturated rings. The van der Waals surface area contributed by atoms with Crippen molar-refractivity contribution < 1.29 is 19.4 Å². The van der Waals surface area contributed by atoms with E-state index in [1.165, 1.54) is 17.3 Å². The lowest BCUT2D eigenvalue weighted by atomic mass is 9.84. The van der Waals surface area contributed by atoms with Gasteiger partial charge in [-0.2, -0.15) is 0 Å². The SMILES string of the molecule is COC1(CNC(=O)Cn2cc(C(=O)O)nn2)CCCCC1. The first-order chi connectivity index (χ1) is 10.0. The van der Waals surface area contributed by atoms with Gasteiger partial charge in [-0.25, -0.2) is 9.48 Å². The number of carbonyl (C=O) groups excluding carboxylic acids is 1. The van der Waals surface area contributed by atoms with Crippen LogP contribution in [-0.4, -0.2) is 51.2 Å². The van der Waals surface area contributed by atoms with E-state index >= 15 is 0 Å². The summed E-state index contributed by atoms with van der Waals surface area (Å²) in [5, 5.41) is 18.6. The molecule has 1 saturated carbocycles. The van der Waals surface area contributed by atoms with Gasteiger partial charge in [0, 0.05) is 13.7 Å². The molecule has 0 atom stereocenters. The molecule has 8 nitrogen and oxygen atoms in total. The first kappa shape index (κ1) is 15.4. The Bertz CT molecular complexity index is 508. The second-order valence-electron chi connectivity index (χ2n) is 5.33. The molecule has 1 aromatic heterocycles. The second-order valence-corrected chi connectivity index (χ2v) is 5.33. The molecule has 0 radical (unpaired) electrons. The number of carboxylic acids is 1. The zero-order chi connectivity index (χ0) is 15.3. The van der Waals surface area contributed by atoms with Gasteiger partial charge in [-0.1, -0.05) is 24.5 Å². The van der Waals surface area contributed by atoms with E-state index in [-0.39, 0.29) is 23.7 Å². The molecule has 8 heteroatoms. The van der Waals surface area contributed by atoms with Crippen molar-refractivity contribution in [3.63, 3.8) is 0 Å². The number of hydrogen-bond donors (Lipinski definition) is 2. The number of amides is 1. The van der Waals surface area contributed by atoms with Crippen molar-refractivity contribution >= 4 is 11.9 Å². The van der Waals surface area contributed by atoms with E-state index < -0.39 is 5.97 Å². The molecule has 0 spiro atoms. The average Bonchev–Trinajstić information content (AvgIpc) is 2.95. The molecular formula is C13H20N4O4. The first-order valence-corrected chi connectivity index (χ1v) is 7.00. The molecule has 1 aromatic rings. The van der Waals surface area contributed by atoms with Gasteiger partial charge in [0.1, 0.15) is 6.54 Å². The Morgan fingerprint density at radius 2 is 2.14 bits per heavy atom. The summed E-state index contributed by atoms with van der Waals surface area (Å²) in [6.45, 7) is 0.406. The van der Waals surface area contributed by atoms with Crippen LogP contribution in [0.2, 0.25) is 0 Å². The summed E-state index contributed by atoms with van der Waals surface area (Å²) in [5.74, 6) is -1.40. The number of aromatic carboxylic acids is 1. The number of hydrogen-bond acceptors (Lipinski definition) is 5. The lowest BCUT2D eigenvalue weighted by Gasteiger charge is -2.36.